The van der Waals surface area contributed by atoms with Crippen molar-refractivity contribution in [1.82, 2.24) is 10.3 Å². The van der Waals surface area contributed by atoms with Crippen LogP contribution in [0.25, 0.3) is 10.6 Å². The first-order valence-electron chi connectivity index (χ1n) is 8.64. The molecule has 2 heterocycles. The molecule has 0 unspecified atom stereocenters. The van der Waals surface area contributed by atoms with Crippen molar-refractivity contribution >= 4 is 39.6 Å². The van der Waals surface area contributed by atoms with E-state index in [4.69, 9.17) is 0 Å². The van der Waals surface area contributed by atoms with E-state index in [1.165, 1.54) is 23.8 Å². The normalized spacial score (nSPS) is 10.6. The summed E-state index contributed by atoms with van der Waals surface area (Å²) in [6.07, 6.45) is 1.14. The predicted octanol–water partition coefficient (Wildman–Crippen LogP) is 4.39. The van der Waals surface area contributed by atoms with Crippen molar-refractivity contribution in [1.29, 1.82) is 0 Å². The molecule has 1 aromatic carbocycles. The van der Waals surface area contributed by atoms with Gasteiger partial charge in [-0.2, -0.15) is 0 Å². The number of hydrogen-bond acceptors (Lipinski definition) is 5. The van der Waals surface area contributed by atoms with E-state index in [-0.39, 0.29) is 11.8 Å². The molecule has 0 aliphatic heterocycles. The van der Waals surface area contributed by atoms with Gasteiger partial charge in [-0.15, -0.1) is 22.7 Å². The van der Waals surface area contributed by atoms with Crippen molar-refractivity contribution in [3.05, 3.63) is 57.8 Å². The summed E-state index contributed by atoms with van der Waals surface area (Å²) in [5.41, 5.74) is 3.20. The van der Waals surface area contributed by atoms with Crippen molar-refractivity contribution in [2.24, 2.45) is 0 Å². The summed E-state index contributed by atoms with van der Waals surface area (Å²) in [5.74, 6) is -0.0794. The average Bonchev–Trinajstić information content (AvgIpc) is 3.27. The summed E-state index contributed by atoms with van der Waals surface area (Å²) in [4.78, 5) is 29.8. The quantitative estimate of drug-likeness (QED) is 0.619. The Morgan fingerprint density at radius 3 is 2.81 bits per heavy atom. The Balaban J connectivity index is 1.54. The van der Waals surface area contributed by atoms with Crippen molar-refractivity contribution in [3.63, 3.8) is 0 Å². The van der Waals surface area contributed by atoms with Crippen molar-refractivity contribution in [2.45, 2.75) is 33.2 Å². The van der Waals surface area contributed by atoms with E-state index >= 15 is 0 Å². The largest absolute Gasteiger partial charge is 0.351 e. The Morgan fingerprint density at radius 1 is 1.19 bits per heavy atom. The zero-order valence-electron chi connectivity index (χ0n) is 15.2. The topological polar surface area (TPSA) is 71.1 Å². The molecule has 0 fully saturated rings. The van der Waals surface area contributed by atoms with Crippen molar-refractivity contribution in [2.75, 3.05) is 5.32 Å². The van der Waals surface area contributed by atoms with Gasteiger partial charge in [0.15, 0.2) is 5.13 Å². The highest BCUT2D eigenvalue weighted by Crippen LogP contribution is 2.30. The number of thiophene rings is 1. The number of carbonyl (C=O) groups is 2. The molecule has 27 heavy (non-hydrogen) atoms. The highest BCUT2D eigenvalue weighted by atomic mass is 32.1. The van der Waals surface area contributed by atoms with Crippen molar-refractivity contribution < 1.29 is 9.59 Å². The fourth-order valence-electron chi connectivity index (χ4n) is 2.57. The van der Waals surface area contributed by atoms with E-state index in [0.29, 0.717) is 24.5 Å². The van der Waals surface area contributed by atoms with Gasteiger partial charge in [0.25, 0.3) is 0 Å². The second-order valence-corrected chi connectivity index (χ2v) is 8.28. The minimum absolute atomic E-state index is 0.0325. The van der Waals surface area contributed by atoms with Crippen molar-refractivity contribution in [3.8, 4) is 10.6 Å². The van der Waals surface area contributed by atoms with E-state index in [9.17, 15) is 9.59 Å². The van der Waals surface area contributed by atoms with Gasteiger partial charge in [-0.25, -0.2) is 4.98 Å². The first-order valence-corrected chi connectivity index (χ1v) is 10.3. The fraction of sp³-hybridized carbons (Fsp3) is 0.250. The number of nitrogens with zero attached hydrogens (tertiary/aromatic N) is 1. The van der Waals surface area contributed by atoms with Crippen LogP contribution in [0, 0.1) is 6.92 Å². The molecule has 7 heteroatoms. The highest BCUT2D eigenvalue weighted by molar-refractivity contribution is 7.17. The molecular formula is C20H21N3O2S2. The molecule has 0 aliphatic carbocycles. The van der Waals surface area contributed by atoms with Gasteiger partial charge in [0.1, 0.15) is 0 Å². The number of rotatable bonds is 7. The number of aromatic nitrogens is 1. The first kappa shape index (κ1) is 19.3. The van der Waals surface area contributed by atoms with Crippen LogP contribution in [-0.2, 0) is 22.6 Å². The Morgan fingerprint density at radius 2 is 2.04 bits per heavy atom. The Kier molecular flexibility index (Phi) is 6.36. The van der Waals surface area contributed by atoms with E-state index in [0.717, 1.165) is 21.0 Å². The summed E-state index contributed by atoms with van der Waals surface area (Å²) in [6, 6.07) is 12.2. The molecule has 0 aliphatic rings. The number of anilines is 1. The molecule has 140 valence electrons. The van der Waals surface area contributed by atoms with Crippen LogP contribution in [0.15, 0.2) is 41.8 Å². The maximum Gasteiger partial charge on any atom is 0.226 e. The van der Waals surface area contributed by atoms with Gasteiger partial charge in [-0.05, 0) is 31.0 Å². The first-order chi connectivity index (χ1) is 13.0. The average molecular weight is 400 g/mol. The molecule has 0 bridgehead atoms. The van der Waals surface area contributed by atoms with Crippen LogP contribution in [0.4, 0.5) is 5.13 Å². The lowest BCUT2D eigenvalue weighted by molar-refractivity contribution is -0.119. The Labute approximate surface area is 166 Å². The van der Waals surface area contributed by atoms with Gasteiger partial charge < -0.3 is 10.6 Å². The highest BCUT2D eigenvalue weighted by Gasteiger charge is 2.10. The minimum atomic E-state index is -0.0470. The van der Waals surface area contributed by atoms with E-state index in [1.54, 1.807) is 11.3 Å². The third kappa shape index (κ3) is 5.74. The summed E-state index contributed by atoms with van der Waals surface area (Å²) in [6.45, 7) is 4.07. The molecular weight excluding hydrogens is 378 g/mol. The minimum Gasteiger partial charge on any atom is -0.351 e. The Hall–Kier alpha value is -2.51. The third-order valence-corrected chi connectivity index (χ3v) is 5.76. The predicted molar refractivity (Wildman–Crippen MR) is 111 cm³/mol. The third-order valence-electron chi connectivity index (χ3n) is 3.90. The fourth-order valence-corrected chi connectivity index (χ4v) is 4.28. The van der Waals surface area contributed by atoms with Crippen LogP contribution >= 0.6 is 22.7 Å². The smallest absolute Gasteiger partial charge is 0.226 e. The lowest BCUT2D eigenvalue weighted by Gasteiger charge is -2.03. The molecule has 3 aromatic rings. The summed E-state index contributed by atoms with van der Waals surface area (Å²) in [5, 5.41) is 8.21. The van der Waals surface area contributed by atoms with Crippen LogP contribution < -0.4 is 10.6 Å². The number of amides is 2. The second-order valence-electron chi connectivity index (χ2n) is 6.25. The summed E-state index contributed by atoms with van der Waals surface area (Å²) in [7, 11) is 0. The zero-order valence-corrected chi connectivity index (χ0v) is 16.9. The lowest BCUT2D eigenvalue weighted by Crippen LogP contribution is -2.17. The van der Waals surface area contributed by atoms with Gasteiger partial charge >= 0.3 is 0 Å². The number of thiazole rings is 1. The van der Waals surface area contributed by atoms with Crippen LogP contribution in [0.2, 0.25) is 0 Å². The number of benzene rings is 1. The van der Waals surface area contributed by atoms with E-state index in [1.807, 2.05) is 42.6 Å². The van der Waals surface area contributed by atoms with Gasteiger partial charge in [0, 0.05) is 23.6 Å². The van der Waals surface area contributed by atoms with Crippen LogP contribution in [0.1, 0.15) is 29.3 Å². The number of hydrogen-bond donors (Lipinski definition) is 2. The maximum atomic E-state index is 12.2. The zero-order chi connectivity index (χ0) is 19.2. The molecule has 0 saturated carbocycles. The maximum absolute atomic E-state index is 12.2. The molecule has 0 saturated heterocycles. The van der Waals surface area contributed by atoms with Crippen LogP contribution in [0.5, 0.6) is 0 Å². The SMILES string of the molecule is CC(=O)NCc1ccc(-c2csc(NC(=O)CCc3cccc(C)c3)n2)s1. The molecule has 2 N–H and O–H groups in total. The number of aryl methyl sites for hydroxylation is 2. The second kappa shape index (κ2) is 8.92. The van der Waals surface area contributed by atoms with Gasteiger partial charge in [0.05, 0.1) is 17.1 Å². The molecule has 2 amide bonds. The van der Waals surface area contributed by atoms with Crippen LogP contribution in [0.3, 0.4) is 0 Å². The summed E-state index contributed by atoms with van der Waals surface area (Å²) >= 11 is 3.00. The number of nitrogens with one attached hydrogen (secondary N) is 2. The van der Waals surface area contributed by atoms with E-state index in [2.05, 4.69) is 21.7 Å². The Bertz CT molecular complexity index is 946. The molecule has 3 rings (SSSR count). The van der Waals surface area contributed by atoms with Gasteiger partial charge in [-0.3, -0.25) is 9.59 Å². The summed E-state index contributed by atoms with van der Waals surface area (Å²) < 4.78 is 0. The van der Waals surface area contributed by atoms with Gasteiger partial charge in [0.2, 0.25) is 11.8 Å². The molecule has 2 aromatic heterocycles. The standard InChI is InChI=1S/C20H21N3O2S2/c1-13-4-3-5-15(10-13)6-9-19(25)23-20-22-17(12-26-20)18-8-7-16(27-18)11-21-14(2)24/h3-5,7-8,10,12H,6,9,11H2,1-2H3,(H,21,24)(H,22,23,25). The van der Waals surface area contributed by atoms with Gasteiger partial charge in [-0.1, -0.05) is 29.8 Å². The lowest BCUT2D eigenvalue weighted by atomic mass is 10.1. The monoisotopic (exact) mass is 399 g/mol. The van der Waals surface area contributed by atoms with E-state index < -0.39 is 0 Å². The molecule has 0 radical (unpaired) electrons. The molecule has 0 spiro atoms. The molecule has 0 atom stereocenters. The van der Waals surface area contributed by atoms with Crippen LogP contribution in [-0.4, -0.2) is 16.8 Å². The number of carbonyl (C=O) groups excluding carboxylic acids is 2. The molecule has 5 nitrogen and oxygen atoms in total.